The average Bonchev–Trinajstić information content (AvgIpc) is 2.76. The molecule has 5 rings (SSSR count). The van der Waals surface area contributed by atoms with Crippen LogP contribution in [0, 0.1) is 0 Å². The van der Waals surface area contributed by atoms with Gasteiger partial charge in [-0.2, -0.15) is 0 Å². The summed E-state index contributed by atoms with van der Waals surface area (Å²) in [5.41, 5.74) is 0. The monoisotopic (exact) mass is 492 g/mol. The van der Waals surface area contributed by atoms with Gasteiger partial charge in [0.1, 0.15) is 0 Å². The van der Waals surface area contributed by atoms with Crippen molar-refractivity contribution in [1.82, 2.24) is 0 Å². The Balaban J connectivity index is 0.000000337. The quantitative estimate of drug-likeness (QED) is 0.148. The van der Waals surface area contributed by atoms with Crippen molar-refractivity contribution in [3.05, 3.63) is 72.8 Å². The van der Waals surface area contributed by atoms with Gasteiger partial charge in [0.2, 0.25) is 0 Å². The number of benzene rings is 5. The van der Waals surface area contributed by atoms with Gasteiger partial charge in [0.15, 0.2) is 0 Å². The number of hydrogen-bond donors (Lipinski definition) is 0. The number of carbonyl (C=O) groups excluding carboxylic acids is 4. The van der Waals surface area contributed by atoms with Crippen LogP contribution in [0.25, 0.3) is 43.1 Å². The molecule has 12 heteroatoms. The molecule has 36 heavy (non-hydrogen) atoms. The lowest BCUT2D eigenvalue weighted by molar-refractivity contribution is -0.417. The second-order valence-electron chi connectivity index (χ2n) is 6.42. The third-order valence-corrected chi connectivity index (χ3v) is 4.39. The molecule has 0 aromatic heterocycles. The van der Waals surface area contributed by atoms with Gasteiger partial charge in [-0.1, -0.05) is 72.8 Å². The molecule has 0 N–H and O–H groups in total. The van der Waals surface area contributed by atoms with Crippen LogP contribution in [0.5, 0.6) is 0 Å². The zero-order valence-electron chi connectivity index (χ0n) is 17.8. The Morgan fingerprint density at radius 2 is 0.528 bits per heavy atom. The molecule has 0 bridgehead atoms. The summed E-state index contributed by atoms with van der Waals surface area (Å²) in [7, 11) is 0. The number of rotatable bonds is 0. The van der Waals surface area contributed by atoms with E-state index in [4.69, 9.17) is 60.0 Å². The normalized spacial score (nSPS) is 9.33. The molecule has 0 spiro atoms. The molecule has 5 aromatic carbocycles. The van der Waals surface area contributed by atoms with Crippen molar-refractivity contribution < 1.29 is 60.0 Å². The Morgan fingerprint density at radius 1 is 0.361 bits per heavy atom. The van der Waals surface area contributed by atoms with E-state index < -0.39 is 24.6 Å². The number of carboxylic acid groups (broad SMARTS) is 8. The molecule has 188 valence electrons. The van der Waals surface area contributed by atoms with Crippen molar-refractivity contribution in [2.45, 2.75) is 0 Å². The molecule has 0 atom stereocenters. The standard InChI is InChI=1S/C20H12.4CH2O3/c1-5-13-6-2-11-17-18-12-4-8-14-7-3-10-16(20(14)18)15(9-1)19(13)17;4*2-1(3)4/h1-12H;4*(H2,2,3,4)/p-8. The number of fused-ring (bicyclic) bond motifs is 2. The number of carbonyl (C=O) groups is 4. The van der Waals surface area contributed by atoms with Crippen molar-refractivity contribution in [2.24, 2.45) is 0 Å². The molecule has 0 aliphatic carbocycles. The summed E-state index contributed by atoms with van der Waals surface area (Å²) in [4.78, 5) is 33.3. The molecule has 12 nitrogen and oxygen atoms in total. The maximum Gasteiger partial charge on any atom is -0.00264 e. The smallest absolute Gasteiger partial charge is 0.00264 e. The van der Waals surface area contributed by atoms with Gasteiger partial charge >= 0.3 is 0 Å². The van der Waals surface area contributed by atoms with E-state index in [1.54, 1.807) is 0 Å². The Kier molecular flexibility index (Phi) is 10.5. The molecule has 0 fully saturated rings. The molecule has 0 saturated heterocycles. The minimum absolute atomic E-state index is 1.33. The topological polar surface area (TPSA) is 253 Å². The molecule has 0 aliphatic rings. The average molecular weight is 492 g/mol. The molecule has 0 unspecified atom stereocenters. The summed E-state index contributed by atoms with van der Waals surface area (Å²) in [5.74, 6) is 0. The van der Waals surface area contributed by atoms with Crippen LogP contribution in [-0.2, 0) is 0 Å². The first kappa shape index (κ1) is 28.5. The highest BCUT2D eigenvalue weighted by Crippen LogP contribution is 2.39. The van der Waals surface area contributed by atoms with Crippen molar-refractivity contribution >= 4 is 67.7 Å². The largest absolute Gasteiger partial charge is 0.652 e. The summed E-state index contributed by atoms with van der Waals surface area (Å²) in [6.07, 6.45) is -9.33. The minimum atomic E-state index is -2.33. The van der Waals surface area contributed by atoms with Crippen LogP contribution in [0.1, 0.15) is 0 Å². The summed E-state index contributed by atoms with van der Waals surface area (Å²) >= 11 is 0. The van der Waals surface area contributed by atoms with Crippen LogP contribution in [0.15, 0.2) is 72.8 Å². The predicted molar refractivity (Wildman–Crippen MR) is 109 cm³/mol. The SMILES string of the molecule is O=C([O-])[O-].O=C([O-])[O-].O=C([O-])[O-].O=C([O-])[O-].c1cc2cccc3c4cccc5cccc(c(c1)c23)c54. The lowest BCUT2D eigenvalue weighted by atomic mass is 9.90. The van der Waals surface area contributed by atoms with Crippen molar-refractivity contribution in [2.75, 3.05) is 0 Å². The van der Waals surface area contributed by atoms with E-state index in [9.17, 15) is 0 Å². The van der Waals surface area contributed by atoms with E-state index >= 15 is 0 Å². The van der Waals surface area contributed by atoms with Crippen molar-refractivity contribution in [3.63, 3.8) is 0 Å². The van der Waals surface area contributed by atoms with Crippen LogP contribution in [0.2, 0.25) is 0 Å². The van der Waals surface area contributed by atoms with Gasteiger partial charge in [-0.15, -0.1) is 0 Å². The van der Waals surface area contributed by atoms with Gasteiger partial charge in [0.25, 0.3) is 0 Å². The molecular formula is C24H12O12-8. The second kappa shape index (κ2) is 13.3. The van der Waals surface area contributed by atoms with E-state index in [1.807, 2.05) is 0 Å². The third-order valence-electron chi connectivity index (χ3n) is 4.39. The van der Waals surface area contributed by atoms with Gasteiger partial charge in [-0.25, -0.2) is 0 Å². The predicted octanol–water partition coefficient (Wildman–Crippen LogP) is -4.05. The van der Waals surface area contributed by atoms with E-state index in [1.165, 1.54) is 43.1 Å². The summed E-state index contributed by atoms with van der Waals surface area (Å²) in [5, 5.41) is 77.6. The lowest BCUT2D eigenvalue weighted by Gasteiger charge is -2.13. The van der Waals surface area contributed by atoms with Gasteiger partial charge < -0.3 is 60.0 Å². The molecular weight excluding hydrogens is 480 g/mol. The van der Waals surface area contributed by atoms with Crippen LogP contribution in [0.3, 0.4) is 0 Å². The third kappa shape index (κ3) is 8.44. The van der Waals surface area contributed by atoms with E-state index in [2.05, 4.69) is 72.8 Å². The molecule has 0 saturated carbocycles. The molecule has 5 aromatic rings. The summed E-state index contributed by atoms with van der Waals surface area (Å²) in [6, 6.07) is 26.4. The zero-order valence-corrected chi connectivity index (χ0v) is 17.8. The fraction of sp³-hybridized carbons (Fsp3) is 0. The summed E-state index contributed by atoms with van der Waals surface area (Å²) in [6.45, 7) is 0. The highest BCUT2D eigenvalue weighted by molar-refractivity contribution is 6.32. The first-order chi connectivity index (χ1) is 16.9. The maximum atomic E-state index is 8.33. The van der Waals surface area contributed by atoms with Gasteiger partial charge in [0, 0.05) is 0 Å². The van der Waals surface area contributed by atoms with E-state index in [-0.39, 0.29) is 0 Å². The van der Waals surface area contributed by atoms with Gasteiger partial charge in [-0.3, -0.25) is 0 Å². The van der Waals surface area contributed by atoms with E-state index in [0.29, 0.717) is 0 Å². The molecule has 0 aliphatic heterocycles. The Labute approximate surface area is 201 Å². The zero-order chi connectivity index (χ0) is 27.4. The molecule has 0 heterocycles. The highest BCUT2D eigenvalue weighted by Gasteiger charge is 2.11. The van der Waals surface area contributed by atoms with Crippen LogP contribution < -0.4 is 40.9 Å². The minimum Gasteiger partial charge on any atom is -0.652 e. The maximum absolute atomic E-state index is 8.33. The fourth-order valence-corrected chi connectivity index (χ4v) is 3.58. The van der Waals surface area contributed by atoms with Gasteiger partial charge in [-0.05, 0) is 67.7 Å². The van der Waals surface area contributed by atoms with Crippen LogP contribution in [0.4, 0.5) is 19.2 Å². The van der Waals surface area contributed by atoms with E-state index in [0.717, 1.165) is 0 Å². The summed E-state index contributed by atoms with van der Waals surface area (Å²) < 4.78 is 0. The fourth-order valence-electron chi connectivity index (χ4n) is 3.58. The van der Waals surface area contributed by atoms with Crippen LogP contribution in [-0.4, -0.2) is 24.6 Å². The first-order valence-corrected chi connectivity index (χ1v) is 9.43. The highest BCUT2D eigenvalue weighted by atomic mass is 16.6. The first-order valence-electron chi connectivity index (χ1n) is 9.43. The lowest BCUT2D eigenvalue weighted by Crippen LogP contribution is -2.37. The van der Waals surface area contributed by atoms with Gasteiger partial charge in [0.05, 0.1) is 0 Å². The Bertz CT molecular complexity index is 1260. The van der Waals surface area contributed by atoms with Crippen molar-refractivity contribution in [1.29, 1.82) is 0 Å². The second-order valence-corrected chi connectivity index (χ2v) is 6.42. The number of hydrogen-bond acceptors (Lipinski definition) is 12. The Morgan fingerprint density at radius 3 is 0.694 bits per heavy atom. The van der Waals surface area contributed by atoms with Crippen molar-refractivity contribution in [3.8, 4) is 0 Å². The Hall–Kier alpha value is -5.52. The molecule has 0 amide bonds. The molecule has 0 radical (unpaired) electrons. The van der Waals surface area contributed by atoms with Crippen LogP contribution >= 0.6 is 0 Å².